The van der Waals surface area contributed by atoms with Gasteiger partial charge < -0.3 is 9.53 Å². The van der Waals surface area contributed by atoms with Gasteiger partial charge in [0.1, 0.15) is 23.6 Å². The summed E-state index contributed by atoms with van der Waals surface area (Å²) in [5, 5.41) is 0. The number of ketones is 1. The summed E-state index contributed by atoms with van der Waals surface area (Å²) in [5.74, 6) is -3.80. The Morgan fingerprint density at radius 3 is 2.24 bits per heavy atom. The summed E-state index contributed by atoms with van der Waals surface area (Å²) >= 11 is 0. The fourth-order valence-corrected chi connectivity index (χ4v) is 2.49. The van der Waals surface area contributed by atoms with E-state index in [1.54, 1.807) is 20.8 Å². The molecule has 0 aliphatic carbocycles. The van der Waals surface area contributed by atoms with E-state index in [1.165, 1.54) is 12.1 Å². The molecule has 7 heteroatoms. The Balaban J connectivity index is 3.33. The first-order chi connectivity index (χ1) is 11.4. The highest BCUT2D eigenvalue weighted by Crippen LogP contribution is 2.35. The number of carbonyl (C=O) groups is 3. The van der Waals surface area contributed by atoms with Gasteiger partial charge in [-0.05, 0) is 39.3 Å². The van der Waals surface area contributed by atoms with E-state index >= 15 is 0 Å². The number of carbonyl (C=O) groups excluding carboxylic acids is 3. The Hall–Kier alpha value is -2.18. The Labute approximate surface area is 144 Å². The van der Waals surface area contributed by atoms with Gasteiger partial charge in [0.2, 0.25) is 0 Å². The van der Waals surface area contributed by atoms with Crippen LogP contribution in [0.3, 0.4) is 0 Å². The quantitative estimate of drug-likeness (QED) is 0.439. The van der Waals surface area contributed by atoms with Crippen LogP contribution in [0.4, 0.5) is 13.2 Å². The molecule has 0 aromatic heterocycles. The van der Waals surface area contributed by atoms with E-state index in [4.69, 9.17) is 4.74 Å². The molecule has 1 aromatic carbocycles. The van der Waals surface area contributed by atoms with Crippen molar-refractivity contribution < 1.29 is 32.3 Å². The normalized spacial score (nSPS) is 14.5. The largest absolute Gasteiger partial charge is 0.459 e. The van der Waals surface area contributed by atoms with E-state index in [2.05, 4.69) is 0 Å². The van der Waals surface area contributed by atoms with E-state index in [9.17, 15) is 27.6 Å². The van der Waals surface area contributed by atoms with Crippen molar-refractivity contribution in [3.63, 3.8) is 0 Å². The van der Waals surface area contributed by atoms with Gasteiger partial charge in [0.25, 0.3) is 0 Å². The Kier molecular flexibility index (Phi) is 6.51. The van der Waals surface area contributed by atoms with Gasteiger partial charge in [-0.1, -0.05) is 18.2 Å². The summed E-state index contributed by atoms with van der Waals surface area (Å²) in [7, 11) is 0. The van der Waals surface area contributed by atoms with E-state index in [0.29, 0.717) is 6.29 Å². The first-order valence-electron chi connectivity index (χ1n) is 7.71. The van der Waals surface area contributed by atoms with E-state index in [-0.39, 0.29) is 12.0 Å². The molecule has 0 aliphatic rings. The highest BCUT2D eigenvalue weighted by molar-refractivity contribution is 5.99. The number of halogens is 3. The van der Waals surface area contributed by atoms with Gasteiger partial charge in [0.05, 0.1) is 5.56 Å². The molecule has 0 aliphatic heterocycles. The second-order valence-corrected chi connectivity index (χ2v) is 6.75. The Morgan fingerprint density at radius 2 is 1.80 bits per heavy atom. The number of hydrogen-bond donors (Lipinski definition) is 0. The SMILES string of the molecule is CC(=O)[C@H](C(=O)OC(C)(C)C)[C@@H](CC=O)c1cccc(C(F)(F)F)c1. The summed E-state index contributed by atoms with van der Waals surface area (Å²) in [5.41, 5.74) is -1.69. The van der Waals surface area contributed by atoms with Crippen LogP contribution in [0.2, 0.25) is 0 Å². The van der Waals surface area contributed by atoms with Crippen LogP contribution < -0.4 is 0 Å². The molecule has 0 fully saturated rings. The lowest BCUT2D eigenvalue weighted by Gasteiger charge is -2.27. The number of rotatable bonds is 6. The zero-order valence-corrected chi connectivity index (χ0v) is 14.5. The van der Waals surface area contributed by atoms with Crippen LogP contribution in [0.5, 0.6) is 0 Å². The molecular formula is C18H21F3O4. The van der Waals surface area contributed by atoms with Crippen LogP contribution in [0.15, 0.2) is 24.3 Å². The van der Waals surface area contributed by atoms with Crippen molar-refractivity contribution in [2.24, 2.45) is 5.92 Å². The molecule has 0 bridgehead atoms. The molecule has 1 aromatic rings. The first kappa shape index (κ1) is 20.9. The Morgan fingerprint density at radius 1 is 1.20 bits per heavy atom. The van der Waals surface area contributed by atoms with Crippen molar-refractivity contribution in [1.29, 1.82) is 0 Å². The van der Waals surface area contributed by atoms with Gasteiger partial charge in [0.15, 0.2) is 0 Å². The van der Waals surface area contributed by atoms with Crippen LogP contribution >= 0.6 is 0 Å². The van der Waals surface area contributed by atoms with Crippen LogP contribution in [0.25, 0.3) is 0 Å². The van der Waals surface area contributed by atoms with Crippen molar-refractivity contribution in [1.82, 2.24) is 0 Å². The van der Waals surface area contributed by atoms with E-state index in [0.717, 1.165) is 19.1 Å². The zero-order chi connectivity index (χ0) is 19.4. The van der Waals surface area contributed by atoms with Crippen molar-refractivity contribution in [2.75, 3.05) is 0 Å². The molecule has 25 heavy (non-hydrogen) atoms. The second kappa shape index (κ2) is 7.80. The maximum Gasteiger partial charge on any atom is 0.416 e. The third-order valence-electron chi connectivity index (χ3n) is 3.49. The Bertz CT molecular complexity index is 644. The van der Waals surface area contributed by atoms with Crippen LogP contribution in [-0.2, 0) is 25.3 Å². The summed E-state index contributed by atoms with van der Waals surface area (Å²) in [6, 6.07) is 4.29. The van der Waals surface area contributed by atoms with E-state index in [1.807, 2.05) is 0 Å². The average Bonchev–Trinajstić information content (AvgIpc) is 2.43. The highest BCUT2D eigenvalue weighted by atomic mass is 19.4. The number of aldehydes is 1. The molecule has 0 N–H and O–H groups in total. The lowest BCUT2D eigenvalue weighted by molar-refractivity contribution is -0.162. The molecule has 0 radical (unpaired) electrons. The van der Waals surface area contributed by atoms with Crippen LogP contribution in [0.1, 0.15) is 51.2 Å². The molecule has 0 heterocycles. The smallest absolute Gasteiger partial charge is 0.416 e. The molecular weight excluding hydrogens is 337 g/mol. The molecule has 0 amide bonds. The predicted molar refractivity (Wildman–Crippen MR) is 84.9 cm³/mol. The molecule has 0 spiro atoms. The van der Waals surface area contributed by atoms with Crippen LogP contribution in [0, 0.1) is 5.92 Å². The lowest BCUT2D eigenvalue weighted by atomic mass is 9.81. The minimum absolute atomic E-state index is 0.0907. The first-order valence-corrected chi connectivity index (χ1v) is 7.71. The molecule has 2 atom stereocenters. The van der Waals surface area contributed by atoms with Gasteiger partial charge in [0, 0.05) is 12.3 Å². The number of alkyl halides is 3. The van der Waals surface area contributed by atoms with Crippen molar-refractivity contribution in [2.45, 2.75) is 51.8 Å². The topological polar surface area (TPSA) is 60.4 Å². The molecule has 138 valence electrons. The molecule has 1 rings (SSSR count). The molecule has 0 saturated carbocycles. The summed E-state index contributed by atoms with van der Waals surface area (Å²) < 4.78 is 44.0. The van der Waals surface area contributed by atoms with Gasteiger partial charge in [-0.25, -0.2) is 0 Å². The highest BCUT2D eigenvalue weighted by Gasteiger charge is 2.38. The van der Waals surface area contributed by atoms with Crippen molar-refractivity contribution in [3.05, 3.63) is 35.4 Å². The fraction of sp³-hybridized carbons (Fsp3) is 0.500. The second-order valence-electron chi connectivity index (χ2n) is 6.75. The average molecular weight is 358 g/mol. The van der Waals surface area contributed by atoms with Crippen LogP contribution in [-0.4, -0.2) is 23.6 Å². The van der Waals surface area contributed by atoms with E-state index < -0.39 is 40.9 Å². The van der Waals surface area contributed by atoms with Crippen molar-refractivity contribution >= 4 is 18.0 Å². The minimum Gasteiger partial charge on any atom is -0.459 e. The third-order valence-corrected chi connectivity index (χ3v) is 3.49. The molecule has 0 saturated heterocycles. The third kappa shape index (κ3) is 5.99. The van der Waals surface area contributed by atoms with Gasteiger partial charge in [-0.2, -0.15) is 13.2 Å². The molecule has 0 unspecified atom stereocenters. The molecule has 4 nitrogen and oxygen atoms in total. The zero-order valence-electron chi connectivity index (χ0n) is 14.5. The number of esters is 1. The summed E-state index contributed by atoms with van der Waals surface area (Å²) in [4.78, 5) is 35.4. The lowest BCUT2D eigenvalue weighted by Crippen LogP contribution is -2.35. The number of Topliss-reactive ketones (excluding diaryl/α,β-unsaturated/α-hetero) is 1. The standard InChI is InChI=1S/C18H21F3O4/c1-11(23)15(16(24)25-17(2,3)4)14(8-9-22)12-6-5-7-13(10-12)18(19,20)21/h5-7,9-10,14-15H,8H2,1-4H3/t14-,15-/m0/s1. The minimum atomic E-state index is -4.57. The van der Waals surface area contributed by atoms with Gasteiger partial charge in [-0.15, -0.1) is 0 Å². The number of ether oxygens (including phenoxy) is 1. The predicted octanol–water partition coefficient (Wildman–Crippen LogP) is 3.92. The fourth-order valence-electron chi connectivity index (χ4n) is 2.49. The number of hydrogen-bond acceptors (Lipinski definition) is 4. The monoisotopic (exact) mass is 358 g/mol. The maximum atomic E-state index is 12.9. The van der Waals surface area contributed by atoms with Crippen molar-refractivity contribution in [3.8, 4) is 0 Å². The summed E-state index contributed by atoms with van der Waals surface area (Å²) in [6.45, 7) is 5.99. The number of benzene rings is 1. The van der Waals surface area contributed by atoms with Gasteiger partial charge in [-0.3, -0.25) is 9.59 Å². The maximum absolute atomic E-state index is 12.9. The van der Waals surface area contributed by atoms with Gasteiger partial charge >= 0.3 is 12.1 Å². The summed E-state index contributed by atoms with van der Waals surface area (Å²) in [6.07, 6.45) is -4.37.